The monoisotopic (exact) mass is 414 g/mol. The zero-order valence-corrected chi connectivity index (χ0v) is 16.9. The fourth-order valence-corrected chi connectivity index (χ4v) is 4.69. The molecule has 1 unspecified atom stereocenters. The molecule has 0 N–H and O–H groups in total. The molecule has 0 bridgehead atoms. The van der Waals surface area contributed by atoms with Crippen molar-refractivity contribution in [2.45, 2.75) is 5.66 Å². The zero-order chi connectivity index (χ0) is 20.7. The van der Waals surface area contributed by atoms with Gasteiger partial charge in [0, 0.05) is 40.9 Å². The number of hydrogen-bond acceptors (Lipinski definition) is 2. The maximum absolute atomic E-state index is 13.4. The van der Waals surface area contributed by atoms with E-state index >= 15 is 0 Å². The lowest BCUT2D eigenvalue weighted by Crippen LogP contribution is -2.51. The molecule has 5 rings (SSSR count). The summed E-state index contributed by atoms with van der Waals surface area (Å²) in [4.78, 5) is 30.2. The first kappa shape index (κ1) is 18.6. The Morgan fingerprint density at radius 3 is 2.37 bits per heavy atom. The molecule has 148 valence electrons. The molecule has 3 aromatic carbocycles. The molecule has 0 spiro atoms. The van der Waals surface area contributed by atoms with E-state index in [0.29, 0.717) is 23.7 Å². The van der Waals surface area contributed by atoms with E-state index in [1.807, 2.05) is 72.8 Å². The van der Waals surface area contributed by atoms with Crippen molar-refractivity contribution in [3.63, 3.8) is 0 Å². The van der Waals surface area contributed by atoms with Gasteiger partial charge in [0.25, 0.3) is 5.91 Å². The van der Waals surface area contributed by atoms with Gasteiger partial charge in [-0.1, -0.05) is 72.3 Å². The molecule has 1 fully saturated rings. The maximum Gasteiger partial charge on any atom is 0.256 e. The largest absolute Gasteiger partial charge is 0.306 e. The Kier molecular flexibility index (Phi) is 4.44. The first-order chi connectivity index (χ1) is 14.6. The second-order valence-electron chi connectivity index (χ2n) is 7.42. The average Bonchev–Trinajstić information content (AvgIpc) is 3.29. The van der Waals surface area contributed by atoms with Crippen molar-refractivity contribution < 1.29 is 9.59 Å². The molecule has 1 atom stereocenters. The van der Waals surface area contributed by atoms with Gasteiger partial charge in [0.1, 0.15) is 0 Å². The van der Waals surface area contributed by atoms with Gasteiger partial charge in [-0.3, -0.25) is 9.59 Å². The predicted molar refractivity (Wildman–Crippen MR) is 117 cm³/mol. The zero-order valence-electron chi connectivity index (χ0n) is 16.2. The third kappa shape index (κ3) is 2.68. The lowest BCUT2D eigenvalue weighted by molar-refractivity contribution is -0.131. The Hall–Kier alpha value is -3.37. The molecule has 5 heteroatoms. The third-order valence-corrected chi connectivity index (χ3v) is 6.09. The summed E-state index contributed by atoms with van der Waals surface area (Å²) < 4.78 is 0. The SMILES string of the molecule is O=C(/C=C/c1ccccc1)N1CCN2C(=O)c3ccccc3C12c1ccc(Cl)cc1. The van der Waals surface area contributed by atoms with Crippen molar-refractivity contribution in [2.24, 2.45) is 0 Å². The van der Waals surface area contributed by atoms with E-state index in [-0.39, 0.29) is 11.8 Å². The molecule has 2 aliphatic rings. The van der Waals surface area contributed by atoms with Crippen molar-refractivity contribution in [2.75, 3.05) is 13.1 Å². The molecular formula is C25H19ClN2O2. The fourth-order valence-electron chi connectivity index (χ4n) is 4.57. The minimum atomic E-state index is -0.962. The summed E-state index contributed by atoms with van der Waals surface area (Å²) in [6, 6.07) is 24.6. The standard InChI is InChI=1S/C25H19ClN2O2/c26-20-13-11-19(12-14-20)25-22-9-5-4-8-21(22)24(30)28(25)17-16-27(25)23(29)15-10-18-6-2-1-3-7-18/h1-15H,16-17H2/b15-10+. The Balaban J connectivity index is 1.65. The van der Waals surface area contributed by atoms with Crippen molar-refractivity contribution in [1.29, 1.82) is 0 Å². The van der Waals surface area contributed by atoms with Crippen LogP contribution in [0.25, 0.3) is 6.08 Å². The first-order valence-electron chi connectivity index (χ1n) is 9.84. The quantitative estimate of drug-likeness (QED) is 0.590. The summed E-state index contributed by atoms with van der Waals surface area (Å²) in [5.74, 6) is -0.191. The summed E-state index contributed by atoms with van der Waals surface area (Å²) in [7, 11) is 0. The highest BCUT2D eigenvalue weighted by molar-refractivity contribution is 6.30. The topological polar surface area (TPSA) is 40.6 Å². The van der Waals surface area contributed by atoms with E-state index in [4.69, 9.17) is 11.6 Å². The molecule has 30 heavy (non-hydrogen) atoms. The van der Waals surface area contributed by atoms with Crippen LogP contribution in [0.2, 0.25) is 5.02 Å². The number of nitrogens with zero attached hydrogens (tertiary/aromatic N) is 2. The van der Waals surface area contributed by atoms with Gasteiger partial charge in [0.05, 0.1) is 0 Å². The smallest absolute Gasteiger partial charge is 0.256 e. The Morgan fingerprint density at radius 1 is 0.900 bits per heavy atom. The van der Waals surface area contributed by atoms with Gasteiger partial charge in [0.2, 0.25) is 5.91 Å². The van der Waals surface area contributed by atoms with Crippen LogP contribution < -0.4 is 0 Å². The van der Waals surface area contributed by atoms with Crippen molar-refractivity contribution >= 4 is 29.5 Å². The minimum absolute atomic E-state index is 0.0529. The van der Waals surface area contributed by atoms with Gasteiger partial charge < -0.3 is 9.80 Å². The maximum atomic E-state index is 13.4. The van der Waals surface area contributed by atoms with Crippen molar-refractivity contribution in [3.8, 4) is 0 Å². The normalized spacial score (nSPS) is 20.0. The van der Waals surface area contributed by atoms with Crippen molar-refractivity contribution in [3.05, 3.63) is 112 Å². The lowest BCUT2D eigenvalue weighted by atomic mass is 9.90. The molecule has 0 saturated carbocycles. The molecule has 0 aliphatic carbocycles. The van der Waals surface area contributed by atoms with Crippen LogP contribution in [0.3, 0.4) is 0 Å². The van der Waals surface area contributed by atoms with Crippen LogP contribution in [0.1, 0.15) is 27.0 Å². The highest BCUT2D eigenvalue weighted by Crippen LogP contribution is 2.49. The summed E-state index contributed by atoms with van der Waals surface area (Å²) >= 11 is 6.13. The van der Waals surface area contributed by atoms with Gasteiger partial charge >= 0.3 is 0 Å². The molecule has 4 nitrogen and oxygen atoms in total. The molecule has 1 saturated heterocycles. The van der Waals surface area contributed by atoms with Crippen LogP contribution in [0.4, 0.5) is 0 Å². The Labute approximate surface area is 180 Å². The van der Waals surface area contributed by atoms with E-state index in [1.54, 1.807) is 28.0 Å². The van der Waals surface area contributed by atoms with Crippen LogP contribution in [0.15, 0.2) is 84.9 Å². The number of carbonyl (C=O) groups excluding carboxylic acids is 2. The van der Waals surface area contributed by atoms with Crippen LogP contribution in [0.5, 0.6) is 0 Å². The first-order valence-corrected chi connectivity index (χ1v) is 10.2. The van der Waals surface area contributed by atoms with Crippen LogP contribution in [-0.4, -0.2) is 34.7 Å². The molecule has 0 aromatic heterocycles. The van der Waals surface area contributed by atoms with Gasteiger partial charge in [-0.15, -0.1) is 0 Å². The van der Waals surface area contributed by atoms with E-state index in [1.165, 1.54) is 0 Å². The second kappa shape index (κ2) is 7.15. The summed E-state index contributed by atoms with van der Waals surface area (Å²) in [5, 5.41) is 0.610. The molecule has 2 heterocycles. The van der Waals surface area contributed by atoms with Crippen LogP contribution >= 0.6 is 11.6 Å². The number of rotatable bonds is 3. The van der Waals surface area contributed by atoms with Crippen molar-refractivity contribution in [1.82, 2.24) is 9.80 Å². The number of halogens is 1. The number of benzene rings is 3. The predicted octanol–water partition coefficient (Wildman–Crippen LogP) is 4.55. The third-order valence-electron chi connectivity index (χ3n) is 5.84. The van der Waals surface area contributed by atoms with E-state index in [0.717, 1.165) is 16.7 Å². The highest BCUT2D eigenvalue weighted by Gasteiger charge is 2.59. The number of fused-ring (bicyclic) bond motifs is 3. The minimum Gasteiger partial charge on any atom is -0.306 e. The van der Waals surface area contributed by atoms with Gasteiger partial charge in [-0.25, -0.2) is 0 Å². The Bertz CT molecular complexity index is 1160. The second-order valence-corrected chi connectivity index (χ2v) is 7.85. The summed E-state index contributed by atoms with van der Waals surface area (Å²) in [6.45, 7) is 0.932. The Morgan fingerprint density at radius 2 is 1.60 bits per heavy atom. The molecule has 3 aromatic rings. The lowest BCUT2D eigenvalue weighted by Gasteiger charge is -2.40. The van der Waals surface area contributed by atoms with Crippen LogP contribution in [0, 0.1) is 0 Å². The number of carbonyl (C=O) groups is 2. The van der Waals surface area contributed by atoms with E-state index in [9.17, 15) is 9.59 Å². The summed E-state index contributed by atoms with van der Waals surface area (Å²) in [6.07, 6.45) is 3.39. The molecule has 2 aliphatic heterocycles. The highest BCUT2D eigenvalue weighted by atomic mass is 35.5. The van der Waals surface area contributed by atoms with Gasteiger partial charge in [-0.05, 0) is 29.8 Å². The molecular weight excluding hydrogens is 396 g/mol. The molecule has 0 radical (unpaired) electrons. The summed E-state index contributed by atoms with van der Waals surface area (Å²) in [5.41, 5.74) is 2.30. The van der Waals surface area contributed by atoms with Gasteiger partial charge in [-0.2, -0.15) is 0 Å². The van der Waals surface area contributed by atoms with E-state index in [2.05, 4.69) is 0 Å². The van der Waals surface area contributed by atoms with E-state index < -0.39 is 5.66 Å². The fraction of sp³-hybridized carbons (Fsp3) is 0.120. The van der Waals surface area contributed by atoms with Crippen LogP contribution in [-0.2, 0) is 10.5 Å². The molecule has 2 amide bonds. The number of amides is 2. The number of hydrogen-bond donors (Lipinski definition) is 0. The van der Waals surface area contributed by atoms with Gasteiger partial charge in [0.15, 0.2) is 5.66 Å². The average molecular weight is 415 g/mol.